The molecule has 1 saturated heterocycles. The van der Waals surface area contributed by atoms with Crippen LogP contribution in [0, 0.1) is 0 Å². The lowest BCUT2D eigenvalue weighted by Crippen LogP contribution is -2.41. The summed E-state index contributed by atoms with van der Waals surface area (Å²) in [5.74, 6) is 2.22. The molecule has 1 fully saturated rings. The van der Waals surface area contributed by atoms with Crippen LogP contribution in [0.4, 0.5) is 23.1 Å². The van der Waals surface area contributed by atoms with Crippen molar-refractivity contribution in [3.8, 4) is 22.9 Å². The van der Waals surface area contributed by atoms with Gasteiger partial charge in [0.1, 0.15) is 24.3 Å². The molecule has 1 atom stereocenters. The summed E-state index contributed by atoms with van der Waals surface area (Å²) in [4.78, 5) is 31.2. The number of carboxylic acid groups (broad SMARTS) is 1. The van der Waals surface area contributed by atoms with Crippen molar-refractivity contribution >= 4 is 29.1 Å². The number of hydrogen-bond acceptors (Lipinski definition) is 10. The number of aliphatic carboxylic acids is 1. The number of carboxylic acids is 1. The van der Waals surface area contributed by atoms with Gasteiger partial charge in [-0.1, -0.05) is 18.2 Å². The fourth-order valence-electron chi connectivity index (χ4n) is 4.43. The van der Waals surface area contributed by atoms with Gasteiger partial charge < -0.3 is 30.1 Å². The Hall–Kier alpha value is -4.93. The Labute approximate surface area is 232 Å². The number of nitrogens with zero attached hydrogens (tertiary/aromatic N) is 5. The first-order valence-electron chi connectivity index (χ1n) is 13.2. The van der Waals surface area contributed by atoms with Crippen molar-refractivity contribution in [1.29, 1.82) is 0 Å². The van der Waals surface area contributed by atoms with Crippen LogP contribution in [0.2, 0.25) is 0 Å². The van der Waals surface area contributed by atoms with Crippen LogP contribution in [0.3, 0.4) is 0 Å². The third-order valence-corrected chi connectivity index (χ3v) is 6.27. The number of piperidine rings is 1. The van der Waals surface area contributed by atoms with E-state index in [1.807, 2.05) is 61.5 Å². The lowest BCUT2D eigenvalue weighted by atomic mass is 10.1. The van der Waals surface area contributed by atoms with E-state index >= 15 is 0 Å². The van der Waals surface area contributed by atoms with Gasteiger partial charge >= 0.3 is 5.97 Å². The van der Waals surface area contributed by atoms with Crippen LogP contribution >= 0.6 is 0 Å². The van der Waals surface area contributed by atoms with Crippen molar-refractivity contribution in [3.63, 3.8) is 0 Å². The van der Waals surface area contributed by atoms with Crippen LogP contribution < -0.4 is 25.0 Å². The topological polar surface area (TPSA) is 135 Å². The second-order valence-corrected chi connectivity index (χ2v) is 9.19. The number of rotatable bonds is 11. The molecule has 5 rings (SSSR count). The number of pyridine rings is 2. The highest BCUT2D eigenvalue weighted by atomic mass is 16.5. The molecule has 3 aromatic heterocycles. The molecular weight excluding hydrogens is 510 g/mol. The van der Waals surface area contributed by atoms with Crippen LogP contribution in [-0.4, -0.2) is 63.4 Å². The zero-order valence-electron chi connectivity index (χ0n) is 22.2. The molecule has 0 radical (unpaired) electrons. The molecule has 0 spiro atoms. The van der Waals surface area contributed by atoms with E-state index in [-0.39, 0.29) is 12.6 Å². The van der Waals surface area contributed by atoms with Crippen LogP contribution in [0.15, 0.2) is 73.2 Å². The minimum absolute atomic E-state index is 0.0506. The Morgan fingerprint density at radius 2 is 1.95 bits per heavy atom. The molecule has 3 N–H and O–H groups in total. The zero-order valence-corrected chi connectivity index (χ0v) is 22.2. The summed E-state index contributed by atoms with van der Waals surface area (Å²) in [5, 5.41) is 15.0. The molecule has 1 aliphatic heterocycles. The maximum Gasteiger partial charge on any atom is 0.322 e. The molecule has 1 aliphatic rings. The van der Waals surface area contributed by atoms with E-state index in [4.69, 9.17) is 24.5 Å². The average Bonchev–Trinajstić information content (AvgIpc) is 2.98. The Morgan fingerprint density at radius 1 is 1.07 bits per heavy atom. The minimum atomic E-state index is -0.911. The summed E-state index contributed by atoms with van der Waals surface area (Å²) in [6, 6.07) is 16.9. The number of aromatic nitrogens is 4. The van der Waals surface area contributed by atoms with Crippen LogP contribution in [0.1, 0.15) is 19.8 Å². The van der Waals surface area contributed by atoms with Gasteiger partial charge in [-0.3, -0.25) is 9.78 Å². The maximum atomic E-state index is 10.8. The van der Waals surface area contributed by atoms with Gasteiger partial charge in [0, 0.05) is 24.0 Å². The number of hydrogen-bond donors (Lipinski definition) is 3. The fraction of sp³-hybridized carbons (Fsp3) is 0.276. The van der Waals surface area contributed by atoms with Crippen molar-refractivity contribution in [2.75, 3.05) is 41.8 Å². The van der Waals surface area contributed by atoms with E-state index in [2.05, 4.69) is 25.5 Å². The number of benzene rings is 1. The minimum Gasteiger partial charge on any atom is -0.488 e. The largest absolute Gasteiger partial charge is 0.488 e. The van der Waals surface area contributed by atoms with Crippen LogP contribution in [-0.2, 0) is 4.79 Å². The molecule has 1 unspecified atom stereocenters. The third kappa shape index (κ3) is 6.93. The summed E-state index contributed by atoms with van der Waals surface area (Å²) in [7, 11) is 0. The van der Waals surface area contributed by atoms with Crippen molar-refractivity contribution in [2.24, 2.45) is 0 Å². The molecule has 11 heteroatoms. The number of carbonyl (C=O) groups is 1. The summed E-state index contributed by atoms with van der Waals surface area (Å²) >= 11 is 0. The normalized spacial score (nSPS) is 14.8. The molecule has 0 amide bonds. The monoisotopic (exact) mass is 541 g/mol. The van der Waals surface area contributed by atoms with E-state index in [1.165, 1.54) is 0 Å². The molecule has 4 heterocycles. The SMILES string of the molecule is CCOc1cccnc1OC1CCCN(c2cncc(Nc3cccc(-c4ccc(NCC(=O)O)cc4)n3)n2)C1. The third-order valence-electron chi connectivity index (χ3n) is 6.27. The quantitative estimate of drug-likeness (QED) is 0.245. The summed E-state index contributed by atoms with van der Waals surface area (Å²) in [6.45, 7) is 3.85. The van der Waals surface area contributed by atoms with Gasteiger partial charge in [-0.2, -0.15) is 0 Å². The summed E-state index contributed by atoms with van der Waals surface area (Å²) < 4.78 is 11.9. The van der Waals surface area contributed by atoms with Crippen LogP contribution in [0.25, 0.3) is 11.3 Å². The van der Waals surface area contributed by atoms with E-state index < -0.39 is 5.97 Å². The van der Waals surface area contributed by atoms with E-state index in [9.17, 15) is 4.79 Å². The van der Waals surface area contributed by atoms with E-state index in [0.717, 1.165) is 42.1 Å². The lowest BCUT2D eigenvalue weighted by Gasteiger charge is -2.33. The molecule has 11 nitrogen and oxygen atoms in total. The standard InChI is InChI=1S/C29H31N7O4/c1-2-39-24-8-4-14-31-29(24)40-22-6-5-15-36(19-22)27-17-30-16-26(35-27)34-25-9-3-7-23(33-25)20-10-12-21(13-11-20)32-18-28(37)38/h3-4,7-14,16-17,22,32H,2,5-6,15,18-19H2,1H3,(H,37,38)(H,33,34,35). The van der Waals surface area contributed by atoms with Gasteiger partial charge in [0.2, 0.25) is 0 Å². The first-order valence-corrected chi connectivity index (χ1v) is 13.2. The Kier molecular flexibility index (Phi) is 8.50. The summed E-state index contributed by atoms with van der Waals surface area (Å²) in [6.07, 6.45) is 6.94. The fourth-order valence-corrected chi connectivity index (χ4v) is 4.43. The average molecular weight is 542 g/mol. The predicted octanol–water partition coefficient (Wildman–Crippen LogP) is 4.62. The molecular formula is C29H31N7O4. The van der Waals surface area contributed by atoms with Gasteiger partial charge in [-0.25, -0.2) is 15.0 Å². The predicted molar refractivity (Wildman–Crippen MR) is 152 cm³/mol. The first-order chi connectivity index (χ1) is 19.6. The molecule has 40 heavy (non-hydrogen) atoms. The zero-order chi connectivity index (χ0) is 27.7. The van der Waals surface area contributed by atoms with Gasteiger partial charge in [-0.05, 0) is 56.2 Å². The summed E-state index contributed by atoms with van der Waals surface area (Å²) in [5.41, 5.74) is 2.41. The number of ether oxygens (including phenoxy) is 2. The number of anilines is 4. The van der Waals surface area contributed by atoms with Crippen molar-refractivity contribution < 1.29 is 19.4 Å². The molecule has 206 valence electrons. The highest BCUT2D eigenvalue weighted by molar-refractivity contribution is 5.73. The Bertz CT molecular complexity index is 1430. The van der Waals surface area contributed by atoms with Crippen molar-refractivity contribution in [1.82, 2.24) is 19.9 Å². The van der Waals surface area contributed by atoms with Gasteiger partial charge in [0.25, 0.3) is 5.88 Å². The molecule has 0 saturated carbocycles. The van der Waals surface area contributed by atoms with Crippen molar-refractivity contribution in [2.45, 2.75) is 25.9 Å². The van der Waals surface area contributed by atoms with E-state index in [1.54, 1.807) is 18.6 Å². The second-order valence-electron chi connectivity index (χ2n) is 9.19. The highest BCUT2D eigenvalue weighted by Gasteiger charge is 2.24. The Balaban J connectivity index is 1.24. The highest BCUT2D eigenvalue weighted by Crippen LogP contribution is 2.28. The van der Waals surface area contributed by atoms with Gasteiger partial charge in [0.15, 0.2) is 11.6 Å². The molecule has 0 bridgehead atoms. The first kappa shape index (κ1) is 26.7. The van der Waals surface area contributed by atoms with Gasteiger partial charge in [0.05, 0.1) is 31.2 Å². The molecule has 0 aliphatic carbocycles. The Morgan fingerprint density at radius 3 is 2.77 bits per heavy atom. The molecule has 1 aromatic carbocycles. The van der Waals surface area contributed by atoms with Crippen molar-refractivity contribution in [3.05, 3.63) is 73.2 Å². The maximum absolute atomic E-state index is 10.8. The number of nitrogens with one attached hydrogen (secondary N) is 2. The smallest absolute Gasteiger partial charge is 0.322 e. The second kappa shape index (κ2) is 12.7. The van der Waals surface area contributed by atoms with Crippen LogP contribution in [0.5, 0.6) is 11.6 Å². The van der Waals surface area contributed by atoms with Gasteiger partial charge in [-0.15, -0.1) is 0 Å². The molecule has 4 aromatic rings. The van der Waals surface area contributed by atoms with E-state index in [0.29, 0.717) is 36.4 Å². The lowest BCUT2D eigenvalue weighted by molar-refractivity contribution is -0.134.